The maximum absolute atomic E-state index is 13.0. The molecular formula is C30H27N3O4S. The molecule has 3 N–H and O–H groups in total. The van der Waals surface area contributed by atoms with Crippen LogP contribution in [-0.4, -0.2) is 23.5 Å². The molecule has 0 aliphatic heterocycles. The van der Waals surface area contributed by atoms with E-state index in [1.807, 2.05) is 44.2 Å². The minimum absolute atomic E-state index is 0.0373. The molecular weight excluding hydrogens is 498 g/mol. The number of furan rings is 1. The zero-order valence-electron chi connectivity index (χ0n) is 21.0. The van der Waals surface area contributed by atoms with Crippen LogP contribution in [0.1, 0.15) is 27.2 Å². The van der Waals surface area contributed by atoms with Crippen LogP contribution in [0.5, 0.6) is 0 Å². The summed E-state index contributed by atoms with van der Waals surface area (Å²) in [6.45, 7) is 3.98. The van der Waals surface area contributed by atoms with E-state index in [-0.39, 0.29) is 17.4 Å². The Labute approximate surface area is 225 Å². The molecule has 1 heterocycles. The second-order valence-electron chi connectivity index (χ2n) is 8.59. The molecule has 0 aliphatic carbocycles. The Morgan fingerprint density at radius 3 is 2.18 bits per heavy atom. The monoisotopic (exact) mass is 525 g/mol. The fraction of sp³-hybridized carbons (Fsp3) is 0.100. The lowest BCUT2D eigenvalue weighted by molar-refractivity contribution is -0.114. The summed E-state index contributed by atoms with van der Waals surface area (Å²) in [5, 5.41) is 8.38. The number of aryl methyl sites for hydroxylation is 2. The third-order valence-corrected chi connectivity index (χ3v) is 6.36. The number of hydrogen-bond acceptors (Lipinski definition) is 5. The fourth-order valence-corrected chi connectivity index (χ4v) is 4.38. The third-order valence-electron chi connectivity index (χ3n) is 5.35. The first-order valence-corrected chi connectivity index (χ1v) is 12.9. The Morgan fingerprint density at radius 1 is 0.816 bits per heavy atom. The summed E-state index contributed by atoms with van der Waals surface area (Å²) in [4.78, 5) is 39.0. The maximum atomic E-state index is 13.0. The summed E-state index contributed by atoms with van der Waals surface area (Å²) in [5.74, 6) is -0.336. The van der Waals surface area contributed by atoms with E-state index in [1.165, 1.54) is 24.1 Å². The van der Waals surface area contributed by atoms with Gasteiger partial charge < -0.3 is 20.4 Å². The average molecular weight is 526 g/mol. The van der Waals surface area contributed by atoms with E-state index in [4.69, 9.17) is 4.42 Å². The number of thioether (sulfide) groups is 1. The van der Waals surface area contributed by atoms with Crippen molar-refractivity contribution < 1.29 is 18.8 Å². The molecule has 0 atom stereocenters. The van der Waals surface area contributed by atoms with Crippen LogP contribution in [0, 0.1) is 13.8 Å². The van der Waals surface area contributed by atoms with Crippen molar-refractivity contribution in [3.8, 4) is 0 Å². The molecule has 192 valence electrons. The van der Waals surface area contributed by atoms with Crippen molar-refractivity contribution in [3.05, 3.63) is 119 Å². The summed E-state index contributed by atoms with van der Waals surface area (Å²) in [6.07, 6.45) is 2.95. The van der Waals surface area contributed by atoms with Crippen LogP contribution in [0.15, 0.2) is 106 Å². The van der Waals surface area contributed by atoms with Gasteiger partial charge in [-0.3, -0.25) is 14.4 Å². The first-order valence-electron chi connectivity index (χ1n) is 11.9. The Hall–Kier alpha value is -4.56. The van der Waals surface area contributed by atoms with Crippen molar-refractivity contribution in [3.63, 3.8) is 0 Å². The quantitative estimate of drug-likeness (QED) is 0.183. The van der Waals surface area contributed by atoms with Crippen molar-refractivity contribution in [2.45, 2.75) is 18.7 Å². The van der Waals surface area contributed by atoms with Crippen LogP contribution in [-0.2, 0) is 9.59 Å². The van der Waals surface area contributed by atoms with E-state index in [2.05, 4.69) is 22.0 Å². The lowest BCUT2D eigenvalue weighted by atomic mass is 10.1. The SMILES string of the molecule is Cc1cc(C)cc(NC(=O)CSc2ccc(NC(=O)/C(=C\c3ccco3)NC(=O)c3ccccc3)cc2)c1. The van der Waals surface area contributed by atoms with Crippen molar-refractivity contribution in [2.75, 3.05) is 16.4 Å². The molecule has 0 radical (unpaired) electrons. The van der Waals surface area contributed by atoms with Crippen LogP contribution in [0.4, 0.5) is 11.4 Å². The molecule has 0 unspecified atom stereocenters. The molecule has 38 heavy (non-hydrogen) atoms. The molecule has 0 bridgehead atoms. The smallest absolute Gasteiger partial charge is 0.272 e. The Bertz CT molecular complexity index is 1430. The standard InChI is InChI=1S/C30H27N3O4S/c1-20-15-21(2)17-24(16-20)31-28(34)19-38-26-12-10-23(11-13-26)32-30(36)27(18-25-9-6-14-37-25)33-29(35)22-7-4-3-5-8-22/h3-18H,19H2,1-2H3,(H,31,34)(H,32,36)(H,33,35)/b27-18+. The van der Waals surface area contributed by atoms with Gasteiger partial charge in [-0.15, -0.1) is 11.8 Å². The van der Waals surface area contributed by atoms with Crippen molar-refractivity contribution >= 4 is 46.9 Å². The zero-order valence-corrected chi connectivity index (χ0v) is 21.8. The summed E-state index contributed by atoms with van der Waals surface area (Å²) in [5.41, 5.74) is 3.96. The predicted octanol–water partition coefficient (Wildman–Crippen LogP) is 6.04. The van der Waals surface area contributed by atoms with Crippen LogP contribution in [0.25, 0.3) is 6.08 Å². The largest absolute Gasteiger partial charge is 0.465 e. The van der Waals surface area contributed by atoms with Gasteiger partial charge in [-0.2, -0.15) is 0 Å². The van der Waals surface area contributed by atoms with E-state index in [9.17, 15) is 14.4 Å². The first kappa shape index (κ1) is 26.5. The van der Waals surface area contributed by atoms with Gasteiger partial charge in [0.25, 0.3) is 11.8 Å². The van der Waals surface area contributed by atoms with Gasteiger partial charge in [0, 0.05) is 27.9 Å². The highest BCUT2D eigenvalue weighted by Crippen LogP contribution is 2.22. The van der Waals surface area contributed by atoms with Crippen LogP contribution >= 0.6 is 11.8 Å². The summed E-state index contributed by atoms with van der Waals surface area (Å²) in [6, 6.07) is 25.1. The normalized spacial score (nSPS) is 11.1. The highest BCUT2D eigenvalue weighted by molar-refractivity contribution is 8.00. The van der Waals surface area contributed by atoms with E-state index >= 15 is 0 Å². The van der Waals surface area contributed by atoms with E-state index < -0.39 is 11.8 Å². The number of amides is 3. The number of carbonyl (C=O) groups is 3. The molecule has 8 heteroatoms. The molecule has 0 saturated heterocycles. The molecule has 4 rings (SSSR count). The summed E-state index contributed by atoms with van der Waals surface area (Å²) >= 11 is 1.39. The molecule has 4 aromatic rings. The summed E-state index contributed by atoms with van der Waals surface area (Å²) < 4.78 is 5.32. The number of nitrogens with one attached hydrogen (secondary N) is 3. The summed E-state index contributed by atoms with van der Waals surface area (Å²) in [7, 11) is 0. The molecule has 1 aromatic heterocycles. The Balaban J connectivity index is 1.36. The van der Waals surface area contributed by atoms with E-state index in [0.717, 1.165) is 21.7 Å². The number of rotatable bonds is 9. The van der Waals surface area contributed by atoms with Gasteiger partial charge >= 0.3 is 0 Å². The van der Waals surface area contributed by atoms with Gasteiger partial charge in [0.15, 0.2) is 0 Å². The molecule has 3 amide bonds. The first-order chi connectivity index (χ1) is 18.4. The van der Waals surface area contributed by atoms with Crippen molar-refractivity contribution in [1.82, 2.24) is 5.32 Å². The highest BCUT2D eigenvalue weighted by Gasteiger charge is 2.16. The maximum Gasteiger partial charge on any atom is 0.272 e. The lowest BCUT2D eigenvalue weighted by Crippen LogP contribution is -2.30. The minimum atomic E-state index is -0.501. The Morgan fingerprint density at radius 2 is 1.53 bits per heavy atom. The Kier molecular flexibility index (Phi) is 8.79. The lowest BCUT2D eigenvalue weighted by Gasteiger charge is -2.11. The predicted molar refractivity (Wildman–Crippen MR) is 151 cm³/mol. The van der Waals surface area contributed by atoms with Gasteiger partial charge in [-0.05, 0) is 85.6 Å². The van der Waals surface area contributed by atoms with E-state index in [0.29, 0.717) is 17.0 Å². The van der Waals surface area contributed by atoms with Gasteiger partial charge in [0.05, 0.1) is 12.0 Å². The molecule has 0 fully saturated rings. The highest BCUT2D eigenvalue weighted by atomic mass is 32.2. The zero-order chi connectivity index (χ0) is 26.9. The van der Waals surface area contributed by atoms with Crippen LogP contribution in [0.3, 0.4) is 0 Å². The van der Waals surface area contributed by atoms with Crippen molar-refractivity contribution in [1.29, 1.82) is 0 Å². The number of carbonyl (C=O) groups excluding carboxylic acids is 3. The molecule has 0 saturated carbocycles. The molecule has 0 spiro atoms. The number of hydrogen-bond donors (Lipinski definition) is 3. The van der Waals surface area contributed by atoms with Gasteiger partial charge in [-0.1, -0.05) is 24.3 Å². The third kappa shape index (κ3) is 7.72. The van der Waals surface area contributed by atoms with Gasteiger partial charge in [0.1, 0.15) is 11.5 Å². The molecule has 3 aromatic carbocycles. The average Bonchev–Trinajstić information content (AvgIpc) is 3.41. The number of anilines is 2. The topological polar surface area (TPSA) is 100 Å². The van der Waals surface area contributed by atoms with Crippen LogP contribution in [0.2, 0.25) is 0 Å². The minimum Gasteiger partial charge on any atom is -0.465 e. The van der Waals surface area contributed by atoms with E-state index in [1.54, 1.807) is 48.5 Å². The second-order valence-corrected chi connectivity index (χ2v) is 9.63. The van der Waals surface area contributed by atoms with Crippen LogP contribution < -0.4 is 16.0 Å². The van der Waals surface area contributed by atoms with Crippen molar-refractivity contribution in [2.24, 2.45) is 0 Å². The second kappa shape index (κ2) is 12.6. The molecule has 7 nitrogen and oxygen atoms in total. The number of benzene rings is 3. The van der Waals surface area contributed by atoms with Gasteiger partial charge in [0.2, 0.25) is 5.91 Å². The fourth-order valence-electron chi connectivity index (χ4n) is 3.68. The van der Waals surface area contributed by atoms with Gasteiger partial charge in [-0.25, -0.2) is 0 Å². The molecule has 0 aliphatic rings.